The maximum atomic E-state index is 13.5. The third-order valence-electron chi connectivity index (χ3n) is 3.01. The quantitative estimate of drug-likeness (QED) is 0.871. The minimum atomic E-state index is -0.978. The van der Waals surface area contributed by atoms with E-state index >= 15 is 0 Å². The molecule has 1 heterocycles. The Morgan fingerprint density at radius 3 is 2.60 bits per heavy atom. The molecule has 106 valence electrons. The molecule has 20 heavy (non-hydrogen) atoms. The van der Waals surface area contributed by atoms with Gasteiger partial charge < -0.3 is 5.11 Å². The summed E-state index contributed by atoms with van der Waals surface area (Å²) in [4.78, 5) is 0. The van der Waals surface area contributed by atoms with Gasteiger partial charge in [-0.05, 0) is 36.6 Å². The number of hydrogen-bond donors (Lipinski definition) is 1. The summed E-state index contributed by atoms with van der Waals surface area (Å²) < 4.78 is 28.5. The Labute approximate surface area is 116 Å². The van der Waals surface area contributed by atoms with E-state index in [2.05, 4.69) is 11.7 Å². The van der Waals surface area contributed by atoms with Crippen LogP contribution in [0.25, 0.3) is 11.1 Å². The minimum absolute atomic E-state index is 0.290. The first-order valence-corrected chi connectivity index (χ1v) is 6.19. The van der Waals surface area contributed by atoms with Gasteiger partial charge in [0.1, 0.15) is 0 Å². The van der Waals surface area contributed by atoms with Gasteiger partial charge in [-0.15, -0.1) is 6.58 Å². The van der Waals surface area contributed by atoms with Crippen LogP contribution in [0.15, 0.2) is 36.7 Å². The van der Waals surface area contributed by atoms with Gasteiger partial charge in [0.25, 0.3) is 0 Å². The van der Waals surface area contributed by atoms with Crippen molar-refractivity contribution in [3.8, 4) is 11.1 Å². The topological polar surface area (TPSA) is 38.1 Å². The summed E-state index contributed by atoms with van der Waals surface area (Å²) in [7, 11) is 1.73. The summed E-state index contributed by atoms with van der Waals surface area (Å²) in [6.07, 6.45) is 2.59. The third kappa shape index (κ3) is 2.93. The Morgan fingerprint density at radius 2 is 2.05 bits per heavy atom. The smallest absolute Gasteiger partial charge is 0.159 e. The van der Waals surface area contributed by atoms with E-state index < -0.39 is 17.7 Å². The lowest BCUT2D eigenvalue weighted by Crippen LogP contribution is -2.03. The van der Waals surface area contributed by atoms with Gasteiger partial charge in [-0.1, -0.05) is 5.57 Å². The van der Waals surface area contributed by atoms with Gasteiger partial charge in [0, 0.05) is 18.8 Å². The highest BCUT2D eigenvalue weighted by atomic mass is 19.2. The number of hydrogen-bond acceptors (Lipinski definition) is 2. The number of aromatic nitrogens is 2. The molecule has 1 atom stereocenters. The first-order valence-electron chi connectivity index (χ1n) is 6.19. The van der Waals surface area contributed by atoms with Gasteiger partial charge >= 0.3 is 0 Å². The van der Waals surface area contributed by atoms with Crippen molar-refractivity contribution in [2.24, 2.45) is 7.05 Å². The van der Waals surface area contributed by atoms with Gasteiger partial charge in [-0.2, -0.15) is 5.10 Å². The maximum absolute atomic E-state index is 13.5. The lowest BCUT2D eigenvalue weighted by molar-refractivity contribution is 0.178. The van der Waals surface area contributed by atoms with Crippen LogP contribution in [0, 0.1) is 11.6 Å². The summed E-state index contributed by atoms with van der Waals surface area (Å²) in [5.41, 5.74) is 2.16. The highest BCUT2D eigenvalue weighted by Gasteiger charge is 2.18. The molecule has 2 rings (SSSR count). The predicted molar refractivity (Wildman–Crippen MR) is 73.0 cm³/mol. The van der Waals surface area contributed by atoms with Crippen LogP contribution in [-0.2, 0) is 7.05 Å². The molecular weight excluding hydrogens is 262 g/mol. The van der Waals surface area contributed by atoms with E-state index in [-0.39, 0.29) is 0 Å². The molecule has 1 aromatic heterocycles. The Balaban J connectivity index is 2.54. The van der Waals surface area contributed by atoms with E-state index in [1.165, 1.54) is 0 Å². The molecular formula is C15H16F2N2O. The monoisotopic (exact) mass is 278 g/mol. The molecule has 1 aromatic carbocycles. The third-order valence-corrected chi connectivity index (χ3v) is 3.01. The lowest BCUT2D eigenvalue weighted by Gasteiger charge is -2.15. The lowest BCUT2D eigenvalue weighted by atomic mass is 9.94. The van der Waals surface area contributed by atoms with Crippen LogP contribution < -0.4 is 0 Å². The molecule has 0 saturated carbocycles. The average molecular weight is 278 g/mol. The maximum Gasteiger partial charge on any atom is 0.159 e. The van der Waals surface area contributed by atoms with E-state index in [9.17, 15) is 13.9 Å². The van der Waals surface area contributed by atoms with Crippen molar-refractivity contribution >= 4 is 0 Å². The molecule has 0 radical (unpaired) electrons. The minimum Gasteiger partial charge on any atom is -0.388 e. The van der Waals surface area contributed by atoms with E-state index in [0.29, 0.717) is 23.1 Å². The second-order valence-electron chi connectivity index (χ2n) is 4.93. The largest absolute Gasteiger partial charge is 0.388 e. The molecule has 1 N–H and O–H groups in total. The fraction of sp³-hybridized carbons (Fsp3) is 0.267. The number of aliphatic hydroxyl groups is 1. The molecule has 0 aliphatic heterocycles. The van der Waals surface area contributed by atoms with Crippen LogP contribution in [0.4, 0.5) is 8.78 Å². The number of rotatable bonds is 4. The van der Waals surface area contributed by atoms with E-state index in [4.69, 9.17) is 0 Å². The van der Waals surface area contributed by atoms with Crippen molar-refractivity contribution < 1.29 is 13.9 Å². The van der Waals surface area contributed by atoms with Gasteiger partial charge in [0.2, 0.25) is 0 Å². The molecule has 0 aliphatic rings. The number of aryl methyl sites for hydroxylation is 1. The van der Waals surface area contributed by atoms with Crippen molar-refractivity contribution in [2.75, 3.05) is 0 Å². The highest BCUT2D eigenvalue weighted by molar-refractivity contribution is 5.66. The van der Waals surface area contributed by atoms with Crippen LogP contribution in [0.2, 0.25) is 0 Å². The van der Waals surface area contributed by atoms with Gasteiger partial charge in [0.15, 0.2) is 11.6 Å². The van der Waals surface area contributed by atoms with E-state index in [0.717, 1.165) is 17.7 Å². The SMILES string of the molecule is C=C(C)CC(O)c1cc(F)c(F)cc1-c1cnn(C)c1. The number of halogens is 2. The van der Waals surface area contributed by atoms with Gasteiger partial charge in [-0.3, -0.25) is 4.68 Å². The van der Waals surface area contributed by atoms with E-state index in [1.54, 1.807) is 31.0 Å². The van der Waals surface area contributed by atoms with Crippen molar-refractivity contribution in [3.05, 3.63) is 53.9 Å². The van der Waals surface area contributed by atoms with Crippen LogP contribution in [0.5, 0.6) is 0 Å². The molecule has 0 fully saturated rings. The molecule has 5 heteroatoms. The molecule has 2 aromatic rings. The van der Waals surface area contributed by atoms with Crippen molar-refractivity contribution in [3.63, 3.8) is 0 Å². The van der Waals surface area contributed by atoms with Crippen LogP contribution in [-0.4, -0.2) is 14.9 Å². The summed E-state index contributed by atoms with van der Waals surface area (Å²) >= 11 is 0. The second-order valence-corrected chi connectivity index (χ2v) is 4.93. The summed E-state index contributed by atoms with van der Waals surface area (Å²) in [5.74, 6) is -1.93. The summed E-state index contributed by atoms with van der Waals surface area (Å²) in [6.45, 7) is 5.49. The summed E-state index contributed by atoms with van der Waals surface area (Å²) in [5, 5.41) is 14.2. The van der Waals surface area contributed by atoms with Crippen molar-refractivity contribution in [1.29, 1.82) is 0 Å². The van der Waals surface area contributed by atoms with Gasteiger partial charge in [0.05, 0.1) is 12.3 Å². The van der Waals surface area contributed by atoms with Crippen LogP contribution in [0.1, 0.15) is 25.0 Å². The first kappa shape index (κ1) is 14.4. The average Bonchev–Trinajstić information content (AvgIpc) is 2.77. The molecule has 0 bridgehead atoms. The number of nitrogens with zero attached hydrogens (tertiary/aromatic N) is 2. The zero-order chi connectivity index (χ0) is 14.9. The number of aliphatic hydroxyl groups excluding tert-OH is 1. The van der Waals surface area contributed by atoms with Gasteiger partial charge in [-0.25, -0.2) is 8.78 Å². The number of benzene rings is 1. The molecule has 3 nitrogen and oxygen atoms in total. The normalized spacial score (nSPS) is 12.4. The molecule has 1 unspecified atom stereocenters. The second kappa shape index (κ2) is 5.54. The Bertz CT molecular complexity index is 649. The standard InChI is InChI=1S/C15H16F2N2O/c1-9(2)4-15(20)12-6-14(17)13(16)5-11(12)10-7-18-19(3)8-10/h5-8,15,20H,1,4H2,2-3H3. The Hall–Kier alpha value is -2.01. The molecule has 0 aliphatic carbocycles. The Kier molecular flexibility index (Phi) is 3.99. The predicted octanol–water partition coefficient (Wildman–Crippen LogP) is 3.36. The fourth-order valence-corrected chi connectivity index (χ4v) is 2.09. The summed E-state index contributed by atoms with van der Waals surface area (Å²) in [6, 6.07) is 2.12. The molecule has 0 saturated heterocycles. The van der Waals surface area contributed by atoms with Crippen molar-refractivity contribution in [2.45, 2.75) is 19.4 Å². The fourth-order valence-electron chi connectivity index (χ4n) is 2.09. The highest BCUT2D eigenvalue weighted by Crippen LogP contribution is 2.32. The molecule has 0 amide bonds. The molecule has 0 spiro atoms. The van der Waals surface area contributed by atoms with E-state index in [1.807, 2.05) is 0 Å². The van der Waals surface area contributed by atoms with Crippen LogP contribution in [0.3, 0.4) is 0 Å². The first-order chi connectivity index (χ1) is 9.38. The zero-order valence-electron chi connectivity index (χ0n) is 11.4. The Morgan fingerprint density at radius 1 is 1.40 bits per heavy atom. The zero-order valence-corrected chi connectivity index (χ0v) is 11.4. The van der Waals surface area contributed by atoms with Crippen molar-refractivity contribution in [1.82, 2.24) is 9.78 Å². The van der Waals surface area contributed by atoms with Crippen LogP contribution >= 0.6 is 0 Å².